The van der Waals surface area contributed by atoms with Crippen LogP contribution in [-0.2, 0) is 6.54 Å². The highest BCUT2D eigenvalue weighted by Gasteiger charge is 2.19. The van der Waals surface area contributed by atoms with E-state index in [-0.39, 0.29) is 5.56 Å². The van der Waals surface area contributed by atoms with Gasteiger partial charge in [-0.3, -0.25) is 4.79 Å². The molecular formula is C16H16F2N2O. The molecule has 0 spiro atoms. The van der Waals surface area contributed by atoms with Gasteiger partial charge in [0, 0.05) is 12.2 Å². The first kappa shape index (κ1) is 15.1. The van der Waals surface area contributed by atoms with E-state index in [0.29, 0.717) is 12.2 Å². The number of hydrogen-bond acceptors (Lipinski definition) is 2. The van der Waals surface area contributed by atoms with Crippen molar-refractivity contribution >= 4 is 11.6 Å². The Balaban J connectivity index is 2.33. The SMILES string of the molecule is CNCc1ccccc1NC(=O)c1c(F)ccc(C)c1F. The molecule has 1 amide bonds. The Morgan fingerprint density at radius 1 is 1.14 bits per heavy atom. The molecule has 5 heteroatoms. The smallest absolute Gasteiger partial charge is 0.261 e. The number of anilines is 1. The van der Waals surface area contributed by atoms with Gasteiger partial charge < -0.3 is 10.6 Å². The molecule has 0 radical (unpaired) electrons. The first-order valence-corrected chi connectivity index (χ1v) is 6.53. The lowest BCUT2D eigenvalue weighted by Gasteiger charge is -2.12. The van der Waals surface area contributed by atoms with Crippen molar-refractivity contribution in [1.29, 1.82) is 0 Å². The molecule has 0 bridgehead atoms. The molecular weight excluding hydrogens is 274 g/mol. The molecule has 0 heterocycles. The molecule has 2 N–H and O–H groups in total. The summed E-state index contributed by atoms with van der Waals surface area (Å²) in [4.78, 5) is 12.2. The largest absolute Gasteiger partial charge is 0.322 e. The van der Waals surface area contributed by atoms with Crippen LogP contribution < -0.4 is 10.6 Å². The first-order valence-electron chi connectivity index (χ1n) is 6.53. The van der Waals surface area contributed by atoms with Gasteiger partial charge in [-0.25, -0.2) is 8.78 Å². The molecule has 3 nitrogen and oxygen atoms in total. The van der Waals surface area contributed by atoms with Crippen molar-refractivity contribution < 1.29 is 13.6 Å². The molecule has 0 aliphatic carbocycles. The van der Waals surface area contributed by atoms with Gasteiger partial charge in [-0.15, -0.1) is 0 Å². The number of benzene rings is 2. The highest BCUT2D eigenvalue weighted by atomic mass is 19.1. The number of halogens is 2. The molecule has 0 aliphatic rings. The minimum atomic E-state index is -0.873. The van der Waals surface area contributed by atoms with Crippen LogP contribution in [0.25, 0.3) is 0 Å². The number of carbonyl (C=O) groups excluding carboxylic acids is 1. The van der Waals surface area contributed by atoms with E-state index in [4.69, 9.17) is 0 Å². The van der Waals surface area contributed by atoms with Crippen LogP contribution in [0.1, 0.15) is 21.5 Å². The lowest BCUT2D eigenvalue weighted by molar-refractivity contribution is 0.101. The van der Waals surface area contributed by atoms with Gasteiger partial charge in [-0.2, -0.15) is 0 Å². The topological polar surface area (TPSA) is 41.1 Å². The fraction of sp³-hybridized carbons (Fsp3) is 0.188. The van der Waals surface area contributed by atoms with E-state index in [1.165, 1.54) is 13.0 Å². The maximum absolute atomic E-state index is 14.0. The van der Waals surface area contributed by atoms with Crippen molar-refractivity contribution in [3.05, 3.63) is 64.7 Å². The van der Waals surface area contributed by atoms with Crippen LogP contribution in [-0.4, -0.2) is 13.0 Å². The minimum Gasteiger partial charge on any atom is -0.322 e. The fourth-order valence-corrected chi connectivity index (χ4v) is 2.04. The number of amides is 1. The van der Waals surface area contributed by atoms with Crippen LogP contribution >= 0.6 is 0 Å². The molecule has 0 unspecified atom stereocenters. The van der Waals surface area contributed by atoms with Crippen molar-refractivity contribution in [2.24, 2.45) is 0 Å². The van der Waals surface area contributed by atoms with Crippen molar-refractivity contribution in [3.8, 4) is 0 Å². The van der Waals surface area contributed by atoms with Crippen LogP contribution in [0, 0.1) is 18.6 Å². The lowest BCUT2D eigenvalue weighted by atomic mass is 10.1. The van der Waals surface area contributed by atoms with E-state index in [0.717, 1.165) is 11.6 Å². The van der Waals surface area contributed by atoms with Crippen LogP contribution in [0.15, 0.2) is 36.4 Å². The summed E-state index contributed by atoms with van der Waals surface area (Å²) >= 11 is 0. The summed E-state index contributed by atoms with van der Waals surface area (Å²) in [5.74, 6) is -2.50. The second-order valence-corrected chi connectivity index (χ2v) is 4.69. The zero-order valence-electron chi connectivity index (χ0n) is 11.8. The zero-order chi connectivity index (χ0) is 15.4. The van der Waals surface area contributed by atoms with Gasteiger partial charge in [0.25, 0.3) is 5.91 Å². The molecule has 0 saturated carbocycles. The molecule has 21 heavy (non-hydrogen) atoms. The monoisotopic (exact) mass is 290 g/mol. The van der Waals surface area contributed by atoms with E-state index in [9.17, 15) is 13.6 Å². The molecule has 2 aromatic rings. The van der Waals surface area contributed by atoms with E-state index < -0.39 is 23.1 Å². The predicted molar refractivity (Wildman–Crippen MR) is 78.3 cm³/mol. The van der Waals surface area contributed by atoms with Gasteiger partial charge in [0.2, 0.25) is 0 Å². The van der Waals surface area contributed by atoms with Crippen molar-refractivity contribution in [2.45, 2.75) is 13.5 Å². The quantitative estimate of drug-likeness (QED) is 0.907. The lowest BCUT2D eigenvalue weighted by Crippen LogP contribution is -2.18. The predicted octanol–water partition coefficient (Wildman–Crippen LogP) is 3.24. The Hall–Kier alpha value is -2.27. The number of nitrogens with one attached hydrogen (secondary N) is 2. The second kappa shape index (κ2) is 6.45. The summed E-state index contributed by atoms with van der Waals surface area (Å²) in [5.41, 5.74) is 1.03. The van der Waals surface area contributed by atoms with E-state index >= 15 is 0 Å². The standard InChI is InChI=1S/C16H16F2N2O/c1-10-7-8-12(17)14(15(10)18)16(21)20-13-6-4-3-5-11(13)9-19-2/h3-8,19H,9H2,1-2H3,(H,20,21). The molecule has 0 saturated heterocycles. The van der Waals surface area contributed by atoms with Crippen molar-refractivity contribution in [3.63, 3.8) is 0 Å². The number of carbonyl (C=O) groups is 1. The number of para-hydroxylation sites is 1. The maximum Gasteiger partial charge on any atom is 0.261 e. The van der Waals surface area contributed by atoms with Gasteiger partial charge in [-0.1, -0.05) is 24.3 Å². The Kier molecular flexibility index (Phi) is 4.65. The molecule has 0 aromatic heterocycles. The van der Waals surface area contributed by atoms with Gasteiger partial charge in [0.1, 0.15) is 17.2 Å². The molecule has 2 rings (SSSR count). The minimum absolute atomic E-state index is 0.227. The van der Waals surface area contributed by atoms with Gasteiger partial charge >= 0.3 is 0 Å². The average Bonchev–Trinajstić information content (AvgIpc) is 2.46. The summed E-state index contributed by atoms with van der Waals surface area (Å²) in [6.07, 6.45) is 0. The molecule has 110 valence electrons. The second-order valence-electron chi connectivity index (χ2n) is 4.69. The normalized spacial score (nSPS) is 10.5. The summed E-state index contributed by atoms with van der Waals surface area (Å²) in [6, 6.07) is 9.49. The summed E-state index contributed by atoms with van der Waals surface area (Å²) in [7, 11) is 1.78. The Morgan fingerprint density at radius 2 is 1.86 bits per heavy atom. The summed E-state index contributed by atoms with van der Waals surface area (Å²) < 4.78 is 27.7. The molecule has 0 atom stereocenters. The highest BCUT2D eigenvalue weighted by molar-refractivity contribution is 6.05. The molecule has 0 aliphatic heterocycles. The Labute approximate surface area is 122 Å². The van der Waals surface area contributed by atoms with Crippen molar-refractivity contribution in [2.75, 3.05) is 12.4 Å². The third-order valence-corrected chi connectivity index (χ3v) is 3.14. The third kappa shape index (κ3) is 3.25. The van der Waals surface area contributed by atoms with Crippen LogP contribution in [0.2, 0.25) is 0 Å². The van der Waals surface area contributed by atoms with E-state index in [1.54, 1.807) is 19.2 Å². The number of aryl methyl sites for hydroxylation is 1. The fourth-order valence-electron chi connectivity index (χ4n) is 2.04. The Morgan fingerprint density at radius 3 is 2.57 bits per heavy atom. The highest BCUT2D eigenvalue weighted by Crippen LogP contribution is 2.20. The average molecular weight is 290 g/mol. The van der Waals surface area contributed by atoms with Crippen LogP contribution in [0.5, 0.6) is 0 Å². The summed E-state index contributed by atoms with van der Waals surface area (Å²) in [5, 5.41) is 5.53. The van der Waals surface area contributed by atoms with Crippen LogP contribution in [0.4, 0.5) is 14.5 Å². The maximum atomic E-state index is 14.0. The van der Waals surface area contributed by atoms with Crippen LogP contribution in [0.3, 0.4) is 0 Å². The Bertz CT molecular complexity index is 671. The third-order valence-electron chi connectivity index (χ3n) is 3.14. The van der Waals surface area contributed by atoms with E-state index in [1.807, 2.05) is 12.1 Å². The number of hydrogen-bond donors (Lipinski definition) is 2. The van der Waals surface area contributed by atoms with Gasteiger partial charge in [0.15, 0.2) is 0 Å². The summed E-state index contributed by atoms with van der Waals surface area (Å²) in [6.45, 7) is 2.02. The van der Waals surface area contributed by atoms with Gasteiger partial charge in [-0.05, 0) is 37.2 Å². The molecule has 0 fully saturated rings. The van der Waals surface area contributed by atoms with Gasteiger partial charge in [0.05, 0.1) is 0 Å². The first-order chi connectivity index (χ1) is 10.0. The van der Waals surface area contributed by atoms with Crippen molar-refractivity contribution in [1.82, 2.24) is 5.32 Å². The zero-order valence-corrected chi connectivity index (χ0v) is 11.8. The molecule has 2 aromatic carbocycles. The van der Waals surface area contributed by atoms with E-state index in [2.05, 4.69) is 10.6 Å². The number of rotatable bonds is 4.